The molecule has 52 heavy (non-hydrogen) atoms. The smallest absolute Gasteiger partial charge is 0.335 e. The summed E-state index contributed by atoms with van der Waals surface area (Å²) in [5.74, 6) is -1.28. The summed E-state index contributed by atoms with van der Waals surface area (Å²) in [7, 11) is 0. The van der Waals surface area contributed by atoms with Crippen molar-refractivity contribution in [3.63, 3.8) is 0 Å². The molecule has 1 amide bonds. The number of rotatable bonds is 16. The van der Waals surface area contributed by atoms with Gasteiger partial charge in [-0.2, -0.15) is 5.26 Å². The first-order chi connectivity index (χ1) is 25.0. The number of carboxylic acid groups (broad SMARTS) is 1. The molecule has 0 aromatic heterocycles. The number of benzene rings is 5. The van der Waals surface area contributed by atoms with E-state index in [0.717, 1.165) is 34.0 Å². The Bertz CT molecular complexity index is 2060. The van der Waals surface area contributed by atoms with Crippen LogP contribution in [0.25, 0.3) is 0 Å². The number of aryl methyl sites for hydroxylation is 1. The third-order valence-corrected chi connectivity index (χ3v) is 7.95. The molecule has 12 nitrogen and oxygen atoms in total. The number of amides is 1. The van der Waals surface area contributed by atoms with E-state index in [1.165, 1.54) is 12.1 Å². The van der Waals surface area contributed by atoms with Crippen molar-refractivity contribution in [1.82, 2.24) is 0 Å². The van der Waals surface area contributed by atoms with Gasteiger partial charge in [-0.05, 0) is 129 Å². The quantitative estimate of drug-likeness (QED) is 0.0464. The highest BCUT2D eigenvalue weighted by molar-refractivity contribution is 5.88. The minimum Gasteiger partial charge on any atom is -0.503 e. The number of nitrogens with zero attached hydrogens (tertiary/aromatic N) is 1. The second-order valence-corrected chi connectivity index (χ2v) is 12.5. The van der Waals surface area contributed by atoms with Gasteiger partial charge in [0.1, 0.15) is 0 Å². The average molecular weight is 700 g/mol. The Morgan fingerprint density at radius 2 is 1.29 bits per heavy atom. The van der Waals surface area contributed by atoms with E-state index in [4.69, 9.17) is 20.8 Å². The summed E-state index contributed by atoms with van der Waals surface area (Å²) in [6.45, 7) is 6.10. The third kappa shape index (κ3) is 9.86. The Morgan fingerprint density at radius 3 is 1.85 bits per heavy atom. The molecule has 0 aliphatic heterocycles. The van der Waals surface area contributed by atoms with Gasteiger partial charge in [-0.15, -0.1) is 0 Å². The highest BCUT2D eigenvalue weighted by atomic mass is 16.5. The van der Waals surface area contributed by atoms with Crippen LogP contribution >= 0.6 is 0 Å². The second kappa shape index (κ2) is 16.7. The van der Waals surface area contributed by atoms with E-state index in [1.54, 1.807) is 30.3 Å². The van der Waals surface area contributed by atoms with Crippen LogP contribution in [0.4, 0.5) is 45.5 Å². The van der Waals surface area contributed by atoms with E-state index in [0.29, 0.717) is 29.2 Å². The van der Waals surface area contributed by atoms with Crippen LogP contribution in [-0.4, -0.2) is 40.8 Å². The van der Waals surface area contributed by atoms with Crippen molar-refractivity contribution in [3.8, 4) is 17.6 Å². The van der Waals surface area contributed by atoms with Gasteiger partial charge in [-0.1, -0.05) is 0 Å². The van der Waals surface area contributed by atoms with Gasteiger partial charge in [0.15, 0.2) is 11.5 Å². The minimum absolute atomic E-state index is 0.0976. The second-order valence-electron chi connectivity index (χ2n) is 12.5. The summed E-state index contributed by atoms with van der Waals surface area (Å²) >= 11 is 0. The number of carboxylic acids is 1. The Labute approximate surface area is 302 Å². The lowest BCUT2D eigenvalue weighted by molar-refractivity contribution is -0.118. The maximum absolute atomic E-state index is 11.9. The van der Waals surface area contributed by atoms with Crippen LogP contribution in [0.2, 0.25) is 0 Å². The third-order valence-electron chi connectivity index (χ3n) is 7.95. The number of nitriles is 1. The van der Waals surface area contributed by atoms with Crippen molar-refractivity contribution >= 4 is 57.4 Å². The minimum atomic E-state index is -1.02. The molecule has 12 heteroatoms. The molecule has 0 unspecified atom stereocenters. The number of carbonyl (C=O) groups is 2. The number of hydrogen-bond donors (Lipinski definition) is 8. The number of anilines is 8. The predicted octanol–water partition coefficient (Wildman–Crippen LogP) is 8.06. The van der Waals surface area contributed by atoms with E-state index >= 15 is 0 Å². The largest absolute Gasteiger partial charge is 0.503 e. The molecule has 5 rings (SSSR count). The Morgan fingerprint density at radius 1 is 0.769 bits per heavy atom. The van der Waals surface area contributed by atoms with Crippen molar-refractivity contribution < 1.29 is 24.5 Å². The van der Waals surface area contributed by atoms with Gasteiger partial charge >= 0.3 is 5.97 Å². The number of nitrogens with two attached hydrogens (primary N) is 1. The monoisotopic (exact) mass is 699 g/mol. The normalized spacial score (nSPS) is 11.2. The van der Waals surface area contributed by atoms with Gasteiger partial charge in [0.05, 0.1) is 40.7 Å². The molecular formula is C40H41N7O5. The molecule has 0 bridgehead atoms. The van der Waals surface area contributed by atoms with Crippen LogP contribution in [-0.2, 0) is 4.79 Å². The van der Waals surface area contributed by atoms with Crippen molar-refractivity contribution in [2.45, 2.75) is 39.3 Å². The van der Waals surface area contributed by atoms with Gasteiger partial charge < -0.3 is 47.3 Å². The summed E-state index contributed by atoms with van der Waals surface area (Å²) in [5.41, 5.74) is 13.1. The number of carbonyl (C=O) groups excluding carboxylic acids is 1. The topological polar surface area (TPSA) is 194 Å². The van der Waals surface area contributed by atoms with Crippen molar-refractivity contribution in [2.75, 3.05) is 33.1 Å². The van der Waals surface area contributed by atoms with E-state index in [1.807, 2.05) is 81.4 Å². The highest BCUT2D eigenvalue weighted by Gasteiger charge is 2.17. The molecule has 0 spiro atoms. The van der Waals surface area contributed by atoms with Crippen molar-refractivity contribution in [1.29, 1.82) is 5.26 Å². The van der Waals surface area contributed by atoms with Gasteiger partial charge in [0, 0.05) is 47.1 Å². The van der Waals surface area contributed by atoms with Crippen molar-refractivity contribution in [2.24, 2.45) is 5.73 Å². The molecule has 1 atom stereocenters. The lowest BCUT2D eigenvalue weighted by atomic mass is 10.1. The Balaban J connectivity index is 1.21. The van der Waals surface area contributed by atoms with Gasteiger partial charge in [0.25, 0.3) is 0 Å². The molecule has 9 N–H and O–H groups in total. The van der Waals surface area contributed by atoms with Gasteiger partial charge in [0.2, 0.25) is 5.91 Å². The first-order valence-electron chi connectivity index (χ1n) is 16.6. The fraction of sp³-hybridized carbons (Fsp3) is 0.175. The number of phenols is 1. The highest BCUT2D eigenvalue weighted by Crippen LogP contribution is 2.43. The molecule has 266 valence electrons. The van der Waals surface area contributed by atoms with Crippen LogP contribution in [0.3, 0.4) is 0 Å². The summed E-state index contributed by atoms with van der Waals surface area (Å²) in [6, 6.07) is 32.3. The Hall–Kier alpha value is -6.87. The number of nitrogens with one attached hydrogen (secondary N) is 5. The SMILES string of the molecule is Cc1cc(C#N)ccc1Nc1ccc(N[C@H](CNc2ccc(Nc3ccc(Nc4ccc(C(=O)O)cc4)c(O)c3OC(C)C)cc2)CC(N)=O)cc1. The fourth-order valence-corrected chi connectivity index (χ4v) is 5.38. The number of aromatic hydroxyl groups is 1. The lowest BCUT2D eigenvalue weighted by Gasteiger charge is -2.21. The van der Waals surface area contributed by atoms with Crippen LogP contribution in [0.1, 0.15) is 41.8 Å². The number of ether oxygens (including phenoxy) is 1. The average Bonchev–Trinajstić information content (AvgIpc) is 3.12. The van der Waals surface area contributed by atoms with Gasteiger partial charge in [-0.3, -0.25) is 4.79 Å². The molecule has 0 radical (unpaired) electrons. The standard InChI is InChI=1S/C40H41N7O5/c1-24(2)52-39-36(19-18-35(38(39)49)46-30-7-5-27(6-8-30)40(50)51)47-32-11-9-28(10-12-32)43-23-33(21-37(42)48)44-29-13-15-31(16-14-29)45-34-17-4-26(22-41)20-25(34)3/h4-20,24,33,43-47,49H,21,23H2,1-3H3,(H2,42,48)(H,50,51)/t33-/m0/s1. The van der Waals surface area contributed by atoms with E-state index < -0.39 is 11.9 Å². The number of hydrogen-bond acceptors (Lipinski definition) is 10. The van der Waals surface area contributed by atoms with Crippen LogP contribution in [0.5, 0.6) is 11.5 Å². The number of primary amides is 1. The summed E-state index contributed by atoms with van der Waals surface area (Å²) in [4.78, 5) is 23.1. The summed E-state index contributed by atoms with van der Waals surface area (Å²) in [5, 5.41) is 46.0. The zero-order chi connectivity index (χ0) is 37.2. The zero-order valence-corrected chi connectivity index (χ0v) is 29.0. The number of aromatic carboxylic acids is 1. The predicted molar refractivity (Wildman–Crippen MR) is 206 cm³/mol. The fourth-order valence-electron chi connectivity index (χ4n) is 5.38. The molecule has 0 saturated carbocycles. The van der Waals surface area contributed by atoms with E-state index in [2.05, 4.69) is 32.7 Å². The number of phenolic OH excluding ortho intramolecular Hbond substituents is 1. The van der Waals surface area contributed by atoms with Crippen molar-refractivity contribution in [3.05, 3.63) is 120 Å². The molecule has 0 saturated heterocycles. The molecule has 0 fully saturated rings. The first-order valence-corrected chi connectivity index (χ1v) is 16.6. The molecule has 0 aliphatic carbocycles. The van der Waals surface area contributed by atoms with Crippen LogP contribution < -0.4 is 37.1 Å². The molecule has 5 aromatic rings. The molecular weight excluding hydrogens is 658 g/mol. The van der Waals surface area contributed by atoms with Crippen LogP contribution in [0.15, 0.2) is 103 Å². The van der Waals surface area contributed by atoms with E-state index in [-0.39, 0.29) is 35.6 Å². The Kier molecular flexibility index (Phi) is 11.7. The first kappa shape index (κ1) is 36.4. The summed E-state index contributed by atoms with van der Waals surface area (Å²) < 4.78 is 5.99. The molecule has 0 heterocycles. The van der Waals surface area contributed by atoms with Crippen LogP contribution in [0, 0.1) is 18.3 Å². The molecule has 0 aliphatic rings. The summed E-state index contributed by atoms with van der Waals surface area (Å²) in [6.07, 6.45) is -0.101. The zero-order valence-electron chi connectivity index (χ0n) is 29.0. The molecule has 5 aromatic carbocycles. The maximum Gasteiger partial charge on any atom is 0.335 e. The maximum atomic E-state index is 11.9. The lowest BCUT2D eigenvalue weighted by Crippen LogP contribution is -2.33. The van der Waals surface area contributed by atoms with E-state index in [9.17, 15) is 14.7 Å². The van der Waals surface area contributed by atoms with Gasteiger partial charge in [-0.25, -0.2) is 4.79 Å².